The summed E-state index contributed by atoms with van der Waals surface area (Å²) in [4.78, 5) is 26.3. The van der Waals surface area contributed by atoms with Crippen molar-refractivity contribution in [2.45, 2.75) is 25.8 Å². The van der Waals surface area contributed by atoms with Crippen LogP contribution in [0.3, 0.4) is 0 Å². The summed E-state index contributed by atoms with van der Waals surface area (Å²) in [5, 5.41) is 3.20. The molecule has 1 N–H and O–H groups in total. The lowest BCUT2D eigenvalue weighted by Gasteiger charge is -2.16. The molecule has 142 valence electrons. The first kappa shape index (κ1) is 18.9. The molecule has 0 unspecified atom stereocenters. The fourth-order valence-electron chi connectivity index (χ4n) is 3.14. The van der Waals surface area contributed by atoms with Crippen molar-refractivity contribution in [3.8, 4) is 11.5 Å². The van der Waals surface area contributed by atoms with Crippen LogP contribution in [-0.4, -0.2) is 38.1 Å². The minimum Gasteiger partial charge on any atom is -0.497 e. The highest BCUT2D eigenvalue weighted by Crippen LogP contribution is 2.25. The second-order valence-corrected chi connectivity index (χ2v) is 6.31. The molecule has 0 radical (unpaired) electrons. The maximum atomic E-state index is 12.7. The quantitative estimate of drug-likeness (QED) is 0.726. The minimum atomic E-state index is -0.491. The fourth-order valence-corrected chi connectivity index (χ4v) is 3.14. The summed E-state index contributed by atoms with van der Waals surface area (Å²) in [7, 11) is 1.63. The third-order valence-electron chi connectivity index (χ3n) is 4.49. The van der Waals surface area contributed by atoms with E-state index in [1.165, 1.54) is 4.90 Å². The lowest BCUT2D eigenvalue weighted by Crippen LogP contribution is -2.39. The summed E-state index contributed by atoms with van der Waals surface area (Å²) in [6, 6.07) is 14.3. The Morgan fingerprint density at radius 2 is 1.89 bits per heavy atom. The molecule has 1 atom stereocenters. The van der Waals surface area contributed by atoms with Crippen LogP contribution in [0.5, 0.6) is 11.5 Å². The number of imide groups is 1. The Morgan fingerprint density at radius 3 is 2.59 bits per heavy atom. The summed E-state index contributed by atoms with van der Waals surface area (Å²) in [6.45, 7) is 3.08. The van der Waals surface area contributed by atoms with Crippen LogP contribution >= 0.6 is 0 Å². The number of anilines is 1. The van der Waals surface area contributed by atoms with Crippen LogP contribution in [0.2, 0.25) is 0 Å². The number of rotatable bonds is 8. The molecule has 1 aliphatic heterocycles. The van der Waals surface area contributed by atoms with Gasteiger partial charge >= 0.3 is 0 Å². The van der Waals surface area contributed by atoms with Gasteiger partial charge in [-0.1, -0.05) is 12.1 Å². The molecule has 2 amide bonds. The van der Waals surface area contributed by atoms with Gasteiger partial charge in [0, 0.05) is 0 Å². The lowest BCUT2D eigenvalue weighted by atomic mass is 10.1. The van der Waals surface area contributed by atoms with E-state index in [1.807, 2.05) is 31.2 Å². The molecule has 1 aliphatic rings. The summed E-state index contributed by atoms with van der Waals surface area (Å²) in [5.41, 5.74) is 1.69. The molecular formula is C21H24N2O4. The second kappa shape index (κ2) is 8.68. The Bertz CT molecular complexity index is 804. The van der Waals surface area contributed by atoms with Gasteiger partial charge < -0.3 is 14.8 Å². The predicted molar refractivity (Wildman–Crippen MR) is 103 cm³/mol. The molecule has 6 nitrogen and oxygen atoms in total. The minimum absolute atomic E-state index is 0.171. The highest BCUT2D eigenvalue weighted by molar-refractivity contribution is 6.22. The van der Waals surface area contributed by atoms with Gasteiger partial charge in [0.2, 0.25) is 5.91 Å². The fraction of sp³-hybridized carbons (Fsp3) is 0.333. The van der Waals surface area contributed by atoms with Crippen LogP contribution in [0, 0.1) is 0 Å². The van der Waals surface area contributed by atoms with Crippen molar-refractivity contribution in [1.29, 1.82) is 0 Å². The third kappa shape index (κ3) is 4.46. The summed E-state index contributed by atoms with van der Waals surface area (Å²) in [6.07, 6.45) is 0.919. The Morgan fingerprint density at radius 1 is 1.11 bits per heavy atom. The van der Waals surface area contributed by atoms with Gasteiger partial charge in [-0.3, -0.25) is 9.59 Å². The number of methoxy groups -OCH3 is 1. The van der Waals surface area contributed by atoms with Crippen molar-refractivity contribution in [3.63, 3.8) is 0 Å². The average molecular weight is 368 g/mol. The van der Waals surface area contributed by atoms with Crippen LogP contribution < -0.4 is 19.7 Å². The highest BCUT2D eigenvalue weighted by atomic mass is 16.5. The van der Waals surface area contributed by atoms with Crippen LogP contribution in [0.1, 0.15) is 18.9 Å². The molecule has 1 saturated heterocycles. The molecule has 27 heavy (non-hydrogen) atoms. The molecule has 1 heterocycles. The SMILES string of the molecule is CCOc1ccc(N2C(=O)C[C@H](NCCc3cccc(OC)c3)C2=O)cc1. The number of benzene rings is 2. The maximum Gasteiger partial charge on any atom is 0.251 e. The zero-order valence-corrected chi connectivity index (χ0v) is 15.6. The van der Waals surface area contributed by atoms with E-state index in [-0.39, 0.29) is 18.2 Å². The van der Waals surface area contributed by atoms with E-state index < -0.39 is 6.04 Å². The van der Waals surface area contributed by atoms with Crippen molar-refractivity contribution in [2.24, 2.45) is 0 Å². The molecule has 3 rings (SSSR count). The van der Waals surface area contributed by atoms with E-state index in [0.29, 0.717) is 24.6 Å². The highest BCUT2D eigenvalue weighted by Gasteiger charge is 2.39. The number of carbonyl (C=O) groups excluding carboxylic acids is 2. The normalized spacial score (nSPS) is 16.7. The lowest BCUT2D eigenvalue weighted by molar-refractivity contribution is -0.121. The second-order valence-electron chi connectivity index (χ2n) is 6.31. The predicted octanol–water partition coefficient (Wildman–Crippen LogP) is 2.56. The number of hydrogen-bond donors (Lipinski definition) is 1. The van der Waals surface area contributed by atoms with Crippen molar-refractivity contribution in [3.05, 3.63) is 54.1 Å². The first-order valence-electron chi connectivity index (χ1n) is 9.08. The number of carbonyl (C=O) groups is 2. The molecule has 0 saturated carbocycles. The van der Waals surface area contributed by atoms with Gasteiger partial charge in [-0.2, -0.15) is 0 Å². The maximum absolute atomic E-state index is 12.7. The average Bonchev–Trinajstić information content (AvgIpc) is 2.96. The van der Waals surface area contributed by atoms with Crippen molar-refractivity contribution < 1.29 is 19.1 Å². The molecule has 0 bridgehead atoms. The number of nitrogens with one attached hydrogen (secondary N) is 1. The Kier molecular flexibility index (Phi) is 6.08. The number of hydrogen-bond acceptors (Lipinski definition) is 5. The van der Waals surface area contributed by atoms with E-state index >= 15 is 0 Å². The molecule has 2 aromatic rings. The topological polar surface area (TPSA) is 67.9 Å². The van der Waals surface area contributed by atoms with Gasteiger partial charge in [-0.15, -0.1) is 0 Å². The standard InChI is InChI=1S/C21H24N2O4/c1-3-27-17-9-7-16(8-10-17)23-20(24)14-19(21(23)25)22-12-11-15-5-4-6-18(13-15)26-2/h4-10,13,19,22H,3,11-12,14H2,1-2H3/t19-/m0/s1. The molecule has 0 aromatic heterocycles. The first-order chi connectivity index (χ1) is 13.1. The van der Waals surface area contributed by atoms with E-state index in [0.717, 1.165) is 17.7 Å². The van der Waals surface area contributed by atoms with Crippen molar-refractivity contribution in [1.82, 2.24) is 5.32 Å². The Labute approximate surface area is 159 Å². The van der Waals surface area contributed by atoms with Crippen LogP contribution in [0.15, 0.2) is 48.5 Å². The van der Waals surface area contributed by atoms with Gasteiger partial charge in [0.15, 0.2) is 0 Å². The number of ether oxygens (including phenoxy) is 2. The molecular weight excluding hydrogens is 344 g/mol. The number of amides is 2. The van der Waals surface area contributed by atoms with Gasteiger partial charge in [0.05, 0.1) is 31.9 Å². The van der Waals surface area contributed by atoms with E-state index in [2.05, 4.69) is 5.32 Å². The van der Waals surface area contributed by atoms with Gasteiger partial charge in [-0.05, 0) is 61.9 Å². The van der Waals surface area contributed by atoms with Gasteiger partial charge in [0.1, 0.15) is 11.5 Å². The summed E-state index contributed by atoms with van der Waals surface area (Å²) >= 11 is 0. The van der Waals surface area contributed by atoms with Crippen molar-refractivity contribution in [2.75, 3.05) is 25.2 Å². The van der Waals surface area contributed by atoms with Crippen LogP contribution in [0.25, 0.3) is 0 Å². The Balaban J connectivity index is 1.58. The third-order valence-corrected chi connectivity index (χ3v) is 4.49. The zero-order valence-electron chi connectivity index (χ0n) is 15.6. The van der Waals surface area contributed by atoms with E-state index in [1.54, 1.807) is 31.4 Å². The molecule has 6 heteroatoms. The smallest absolute Gasteiger partial charge is 0.251 e. The summed E-state index contributed by atoms with van der Waals surface area (Å²) in [5.74, 6) is 1.12. The first-order valence-corrected chi connectivity index (χ1v) is 9.08. The van der Waals surface area contributed by atoms with Crippen LogP contribution in [0.4, 0.5) is 5.69 Å². The molecule has 0 aliphatic carbocycles. The van der Waals surface area contributed by atoms with Gasteiger partial charge in [-0.25, -0.2) is 4.90 Å². The van der Waals surface area contributed by atoms with E-state index in [9.17, 15) is 9.59 Å². The zero-order chi connectivity index (χ0) is 19.2. The van der Waals surface area contributed by atoms with Gasteiger partial charge in [0.25, 0.3) is 5.91 Å². The largest absolute Gasteiger partial charge is 0.497 e. The number of nitrogens with zero attached hydrogens (tertiary/aromatic N) is 1. The van der Waals surface area contributed by atoms with Crippen LogP contribution in [-0.2, 0) is 16.0 Å². The molecule has 2 aromatic carbocycles. The van der Waals surface area contributed by atoms with Crippen molar-refractivity contribution >= 4 is 17.5 Å². The summed E-state index contributed by atoms with van der Waals surface area (Å²) < 4.78 is 10.6. The monoisotopic (exact) mass is 368 g/mol. The Hall–Kier alpha value is -2.86. The van der Waals surface area contributed by atoms with E-state index in [4.69, 9.17) is 9.47 Å². The molecule has 1 fully saturated rings. The molecule has 0 spiro atoms.